The van der Waals surface area contributed by atoms with E-state index in [0.29, 0.717) is 28.2 Å². The summed E-state index contributed by atoms with van der Waals surface area (Å²) in [6.07, 6.45) is 1.82. The van der Waals surface area contributed by atoms with Crippen LogP contribution in [0, 0.1) is 0 Å². The van der Waals surface area contributed by atoms with E-state index in [0.717, 1.165) is 22.4 Å². The van der Waals surface area contributed by atoms with Crippen molar-refractivity contribution < 1.29 is 18.0 Å². The summed E-state index contributed by atoms with van der Waals surface area (Å²) in [6, 6.07) is 18.9. The Kier molecular flexibility index (Phi) is 8.75. The van der Waals surface area contributed by atoms with Gasteiger partial charge in [-0.05, 0) is 36.4 Å². The van der Waals surface area contributed by atoms with Crippen molar-refractivity contribution in [1.82, 2.24) is 10.2 Å². The molecule has 0 bridgehead atoms. The molecule has 0 saturated heterocycles. The number of hydrogen-bond acceptors (Lipinski definition) is 4. The summed E-state index contributed by atoms with van der Waals surface area (Å²) in [5.41, 5.74) is 1.06. The molecule has 3 rings (SSSR count). The molecule has 0 spiro atoms. The van der Waals surface area contributed by atoms with Gasteiger partial charge in [-0.1, -0.05) is 73.1 Å². The van der Waals surface area contributed by atoms with Gasteiger partial charge in [-0.2, -0.15) is 0 Å². The van der Waals surface area contributed by atoms with Crippen LogP contribution < -0.4 is 9.62 Å². The quantitative estimate of drug-likeness (QED) is 0.438. The van der Waals surface area contributed by atoms with E-state index >= 15 is 0 Å². The normalized spacial score (nSPS) is 12.2. The molecule has 0 aliphatic heterocycles. The van der Waals surface area contributed by atoms with Gasteiger partial charge >= 0.3 is 0 Å². The summed E-state index contributed by atoms with van der Waals surface area (Å²) in [5.74, 6) is -0.828. The molecule has 7 nitrogen and oxygen atoms in total. The number of sulfonamides is 1. The highest BCUT2D eigenvalue weighted by molar-refractivity contribution is 7.92. The van der Waals surface area contributed by atoms with Gasteiger partial charge < -0.3 is 10.2 Å². The lowest BCUT2D eigenvalue weighted by Gasteiger charge is -2.32. The van der Waals surface area contributed by atoms with Gasteiger partial charge in [0.2, 0.25) is 21.8 Å². The predicted octanol–water partition coefficient (Wildman–Crippen LogP) is 4.20. The third-order valence-corrected chi connectivity index (χ3v) is 7.22. The van der Waals surface area contributed by atoms with E-state index in [1.807, 2.05) is 37.3 Å². The Bertz CT molecular complexity index is 1310. The molecule has 0 aliphatic carbocycles. The van der Waals surface area contributed by atoms with Crippen LogP contribution in [0.25, 0.3) is 10.8 Å². The maximum atomic E-state index is 13.6. The number of hydrogen-bond donors (Lipinski definition) is 1. The predicted molar refractivity (Wildman–Crippen MR) is 141 cm³/mol. The van der Waals surface area contributed by atoms with Crippen molar-refractivity contribution in [3.05, 3.63) is 77.3 Å². The lowest BCUT2D eigenvalue weighted by atomic mass is 10.1. The van der Waals surface area contributed by atoms with Gasteiger partial charge in [-0.15, -0.1) is 0 Å². The summed E-state index contributed by atoms with van der Waals surface area (Å²) in [5, 5.41) is 4.83. The van der Waals surface area contributed by atoms with Crippen molar-refractivity contribution in [1.29, 1.82) is 0 Å². The summed E-state index contributed by atoms with van der Waals surface area (Å²) in [7, 11) is -3.82. The largest absolute Gasteiger partial charge is 0.354 e. The van der Waals surface area contributed by atoms with Crippen molar-refractivity contribution in [3.63, 3.8) is 0 Å². The molecular weight excluding hydrogens is 486 g/mol. The van der Waals surface area contributed by atoms with Crippen molar-refractivity contribution in [2.24, 2.45) is 0 Å². The number of anilines is 1. The maximum Gasteiger partial charge on any atom is 0.244 e. The zero-order chi connectivity index (χ0) is 25.6. The standard InChI is InChI=1S/C26H30ClN3O4S/c1-4-16-28-26(32)19(2)29(17-21-11-6-8-14-23(21)27)25(31)18-30(35(3,33)34)24-15-9-12-20-10-5-7-13-22(20)24/h5-15,19H,4,16-18H2,1-3H3,(H,28,32)/t19-/m0/s1. The molecule has 0 heterocycles. The van der Waals surface area contributed by atoms with E-state index in [1.54, 1.807) is 43.3 Å². The monoisotopic (exact) mass is 515 g/mol. The first-order valence-corrected chi connectivity index (χ1v) is 13.6. The second-order valence-corrected chi connectivity index (χ2v) is 10.7. The van der Waals surface area contributed by atoms with Crippen LogP contribution in [0.3, 0.4) is 0 Å². The minimum Gasteiger partial charge on any atom is -0.354 e. The van der Waals surface area contributed by atoms with Crippen LogP contribution in [0.2, 0.25) is 5.02 Å². The van der Waals surface area contributed by atoms with E-state index < -0.39 is 28.5 Å². The molecule has 1 atom stereocenters. The summed E-state index contributed by atoms with van der Waals surface area (Å²) < 4.78 is 26.8. The fraction of sp³-hybridized carbons (Fsp3) is 0.308. The Hall–Kier alpha value is -3.10. The molecule has 186 valence electrons. The number of fused-ring (bicyclic) bond motifs is 1. The molecule has 0 unspecified atom stereocenters. The number of nitrogens with one attached hydrogen (secondary N) is 1. The van der Waals surface area contributed by atoms with Crippen LogP contribution in [0.5, 0.6) is 0 Å². The van der Waals surface area contributed by atoms with Crippen molar-refractivity contribution in [3.8, 4) is 0 Å². The van der Waals surface area contributed by atoms with Crippen LogP contribution in [-0.4, -0.2) is 50.5 Å². The lowest BCUT2D eigenvalue weighted by molar-refractivity contribution is -0.139. The van der Waals surface area contributed by atoms with Crippen LogP contribution >= 0.6 is 11.6 Å². The average molecular weight is 516 g/mol. The van der Waals surface area contributed by atoms with E-state index in [9.17, 15) is 18.0 Å². The first kappa shape index (κ1) is 26.5. The molecule has 0 radical (unpaired) electrons. The number of carbonyl (C=O) groups is 2. The molecule has 0 fully saturated rings. The highest BCUT2D eigenvalue weighted by Crippen LogP contribution is 2.29. The highest BCUT2D eigenvalue weighted by atomic mass is 35.5. The van der Waals surface area contributed by atoms with Crippen LogP contribution in [0.1, 0.15) is 25.8 Å². The topological polar surface area (TPSA) is 86.8 Å². The van der Waals surface area contributed by atoms with Crippen LogP contribution in [0.15, 0.2) is 66.7 Å². The Balaban J connectivity index is 1.99. The highest BCUT2D eigenvalue weighted by Gasteiger charge is 2.30. The number of rotatable bonds is 10. The van der Waals surface area contributed by atoms with Crippen LogP contribution in [-0.2, 0) is 26.2 Å². The van der Waals surface area contributed by atoms with E-state index in [2.05, 4.69) is 5.32 Å². The molecule has 1 N–H and O–H groups in total. The lowest BCUT2D eigenvalue weighted by Crippen LogP contribution is -2.51. The molecule has 3 aromatic rings. The number of benzene rings is 3. The van der Waals surface area contributed by atoms with Gasteiger partial charge in [0.25, 0.3) is 0 Å². The molecule has 35 heavy (non-hydrogen) atoms. The third-order valence-electron chi connectivity index (χ3n) is 5.73. The van der Waals surface area contributed by atoms with E-state index in [-0.39, 0.29) is 12.5 Å². The third kappa shape index (κ3) is 6.52. The Morgan fingerprint density at radius 3 is 2.34 bits per heavy atom. The first-order valence-electron chi connectivity index (χ1n) is 11.4. The van der Waals surface area contributed by atoms with Gasteiger partial charge in [0.1, 0.15) is 12.6 Å². The zero-order valence-corrected chi connectivity index (χ0v) is 21.6. The zero-order valence-electron chi connectivity index (χ0n) is 20.1. The summed E-state index contributed by atoms with van der Waals surface area (Å²) in [4.78, 5) is 27.8. The second kappa shape index (κ2) is 11.6. The smallest absolute Gasteiger partial charge is 0.244 e. The van der Waals surface area contributed by atoms with Gasteiger partial charge in [0.05, 0.1) is 11.9 Å². The molecular formula is C26H30ClN3O4S. The molecule has 0 saturated carbocycles. The van der Waals surface area contributed by atoms with Gasteiger partial charge in [-0.3, -0.25) is 13.9 Å². The summed E-state index contributed by atoms with van der Waals surface area (Å²) in [6.45, 7) is 3.64. The summed E-state index contributed by atoms with van der Waals surface area (Å²) >= 11 is 6.34. The SMILES string of the molecule is CCCNC(=O)[C@H](C)N(Cc1ccccc1Cl)C(=O)CN(c1cccc2ccccc12)S(C)(=O)=O. The van der Waals surface area contributed by atoms with Gasteiger partial charge in [-0.25, -0.2) is 8.42 Å². The van der Waals surface area contributed by atoms with Crippen LogP contribution in [0.4, 0.5) is 5.69 Å². The fourth-order valence-corrected chi connectivity index (χ4v) is 4.87. The number of nitrogens with zero attached hydrogens (tertiary/aromatic N) is 2. The Labute approximate surface area is 211 Å². The van der Waals surface area contributed by atoms with E-state index in [4.69, 9.17) is 11.6 Å². The number of amides is 2. The molecule has 9 heteroatoms. The van der Waals surface area contributed by atoms with Crippen molar-refractivity contribution in [2.75, 3.05) is 23.7 Å². The Morgan fingerprint density at radius 2 is 1.66 bits per heavy atom. The van der Waals surface area contributed by atoms with Gasteiger partial charge in [0.15, 0.2) is 0 Å². The molecule has 0 aromatic heterocycles. The first-order chi connectivity index (χ1) is 16.6. The molecule has 0 aliphatic rings. The molecule has 3 aromatic carbocycles. The van der Waals surface area contributed by atoms with E-state index in [1.165, 1.54) is 4.90 Å². The average Bonchev–Trinajstić information content (AvgIpc) is 2.83. The van der Waals surface area contributed by atoms with Gasteiger partial charge in [0, 0.05) is 23.5 Å². The number of halogens is 1. The second-order valence-electron chi connectivity index (χ2n) is 8.35. The number of carbonyl (C=O) groups excluding carboxylic acids is 2. The minimum absolute atomic E-state index is 0.0619. The Morgan fingerprint density at radius 1 is 1.00 bits per heavy atom. The maximum absolute atomic E-state index is 13.6. The van der Waals surface area contributed by atoms with Crippen molar-refractivity contribution >= 4 is 49.9 Å². The fourth-order valence-electron chi connectivity index (χ4n) is 3.81. The van der Waals surface area contributed by atoms with Crippen molar-refractivity contribution in [2.45, 2.75) is 32.9 Å². The minimum atomic E-state index is -3.82. The molecule has 2 amide bonds.